The molecule has 1 aliphatic heterocycles. The fourth-order valence-electron chi connectivity index (χ4n) is 2.94. The van der Waals surface area contributed by atoms with Gasteiger partial charge in [-0.15, -0.1) is 0 Å². The molecule has 1 fully saturated rings. The van der Waals surface area contributed by atoms with Crippen molar-refractivity contribution < 1.29 is 14.3 Å². The van der Waals surface area contributed by atoms with Gasteiger partial charge < -0.3 is 14.6 Å². The molecule has 1 aromatic heterocycles. The van der Waals surface area contributed by atoms with E-state index in [4.69, 9.17) is 0 Å². The third-order valence-corrected chi connectivity index (χ3v) is 4.19. The summed E-state index contributed by atoms with van der Waals surface area (Å²) in [7, 11) is 0. The molecule has 0 aliphatic carbocycles. The van der Waals surface area contributed by atoms with Crippen LogP contribution in [0.25, 0.3) is 0 Å². The number of amides is 1. The number of halogens is 1. The Balaban J connectivity index is 1.88. The van der Waals surface area contributed by atoms with Crippen molar-refractivity contribution in [2.45, 2.75) is 38.5 Å². The molecule has 1 amide bonds. The van der Waals surface area contributed by atoms with E-state index < -0.39 is 6.10 Å². The highest BCUT2D eigenvalue weighted by Crippen LogP contribution is 2.33. The summed E-state index contributed by atoms with van der Waals surface area (Å²) < 4.78 is 15.3. The van der Waals surface area contributed by atoms with E-state index in [9.17, 15) is 14.3 Å². The van der Waals surface area contributed by atoms with E-state index >= 15 is 0 Å². The van der Waals surface area contributed by atoms with E-state index in [0.717, 1.165) is 0 Å². The summed E-state index contributed by atoms with van der Waals surface area (Å²) in [5.41, 5.74) is 1.03. The first-order chi connectivity index (χ1) is 11.0. The van der Waals surface area contributed by atoms with Gasteiger partial charge in [0.15, 0.2) is 0 Å². The summed E-state index contributed by atoms with van der Waals surface area (Å²) in [5.74, 6) is -0.587. The van der Waals surface area contributed by atoms with Gasteiger partial charge in [-0.3, -0.25) is 4.79 Å². The molecule has 1 saturated heterocycles. The van der Waals surface area contributed by atoms with Crippen molar-refractivity contribution in [1.82, 2.24) is 14.5 Å². The Morgan fingerprint density at radius 2 is 2.22 bits per heavy atom. The molecular weight excluding hydrogens is 297 g/mol. The Kier molecular flexibility index (Phi) is 4.17. The first-order valence-corrected chi connectivity index (χ1v) is 7.73. The number of carbonyl (C=O) groups is 1. The average molecular weight is 317 g/mol. The Morgan fingerprint density at radius 1 is 1.43 bits per heavy atom. The maximum absolute atomic E-state index is 13.5. The Bertz CT molecular complexity index is 713. The summed E-state index contributed by atoms with van der Waals surface area (Å²) in [6, 6.07) is 6.05. The molecule has 3 rings (SSSR count). The van der Waals surface area contributed by atoms with Gasteiger partial charge in [-0.25, -0.2) is 9.37 Å². The van der Waals surface area contributed by atoms with Crippen LogP contribution in [-0.2, 0) is 0 Å². The molecule has 0 bridgehead atoms. The maximum atomic E-state index is 13.5. The summed E-state index contributed by atoms with van der Waals surface area (Å²) >= 11 is 0. The number of aliphatic hydroxyl groups excluding tert-OH is 1. The van der Waals surface area contributed by atoms with E-state index in [1.165, 1.54) is 12.1 Å². The van der Waals surface area contributed by atoms with Gasteiger partial charge in [-0.05, 0) is 38.0 Å². The molecule has 23 heavy (non-hydrogen) atoms. The summed E-state index contributed by atoms with van der Waals surface area (Å²) in [6.45, 7) is 4.24. The zero-order valence-electron chi connectivity index (χ0n) is 13.2. The van der Waals surface area contributed by atoms with Crippen molar-refractivity contribution in [2.24, 2.45) is 0 Å². The number of β-amino-alcohol motifs (C(OH)–C–C–N with tert-alkyl or cyclic N) is 1. The molecule has 1 aliphatic rings. The number of aliphatic hydroxyl groups is 1. The van der Waals surface area contributed by atoms with Crippen LogP contribution >= 0.6 is 0 Å². The Morgan fingerprint density at radius 3 is 2.87 bits per heavy atom. The van der Waals surface area contributed by atoms with Crippen molar-refractivity contribution in [3.63, 3.8) is 0 Å². The first-order valence-electron chi connectivity index (χ1n) is 7.73. The van der Waals surface area contributed by atoms with Crippen molar-refractivity contribution in [3.8, 4) is 0 Å². The largest absolute Gasteiger partial charge is 0.391 e. The van der Waals surface area contributed by atoms with Crippen LogP contribution in [0.4, 0.5) is 4.39 Å². The summed E-state index contributed by atoms with van der Waals surface area (Å²) in [4.78, 5) is 18.5. The van der Waals surface area contributed by atoms with Gasteiger partial charge in [0, 0.05) is 18.8 Å². The third-order valence-electron chi connectivity index (χ3n) is 4.19. The number of aromatic nitrogens is 2. The highest BCUT2D eigenvalue weighted by Gasteiger charge is 2.36. The van der Waals surface area contributed by atoms with Gasteiger partial charge in [-0.2, -0.15) is 0 Å². The van der Waals surface area contributed by atoms with Crippen molar-refractivity contribution in [3.05, 3.63) is 53.9 Å². The van der Waals surface area contributed by atoms with Crippen molar-refractivity contribution in [1.29, 1.82) is 0 Å². The predicted molar refractivity (Wildman–Crippen MR) is 83.4 cm³/mol. The zero-order chi connectivity index (χ0) is 16.6. The molecule has 2 aromatic rings. The number of rotatable bonds is 3. The van der Waals surface area contributed by atoms with E-state index in [2.05, 4.69) is 4.98 Å². The van der Waals surface area contributed by atoms with Crippen LogP contribution in [0.1, 0.15) is 48.4 Å². The fourth-order valence-corrected chi connectivity index (χ4v) is 2.94. The number of hydrogen-bond acceptors (Lipinski definition) is 3. The molecule has 2 atom stereocenters. The van der Waals surface area contributed by atoms with Crippen LogP contribution in [-0.4, -0.2) is 38.1 Å². The van der Waals surface area contributed by atoms with Crippen LogP contribution in [0.3, 0.4) is 0 Å². The van der Waals surface area contributed by atoms with Gasteiger partial charge in [0.1, 0.15) is 11.5 Å². The van der Waals surface area contributed by atoms with Gasteiger partial charge >= 0.3 is 0 Å². The van der Waals surface area contributed by atoms with Gasteiger partial charge in [0.25, 0.3) is 5.91 Å². The minimum absolute atomic E-state index is 0.215. The molecule has 122 valence electrons. The number of likely N-dealkylation sites (tertiary alicyclic amines) is 1. The topological polar surface area (TPSA) is 58.4 Å². The summed E-state index contributed by atoms with van der Waals surface area (Å²) in [5, 5.41) is 9.98. The lowest BCUT2D eigenvalue weighted by Crippen LogP contribution is -2.32. The van der Waals surface area contributed by atoms with Gasteiger partial charge in [0.05, 0.1) is 18.5 Å². The molecule has 0 spiro atoms. The third kappa shape index (κ3) is 3.12. The second-order valence-electron chi connectivity index (χ2n) is 6.22. The molecular formula is C17H20FN3O2. The molecule has 0 radical (unpaired) electrons. The quantitative estimate of drug-likeness (QED) is 0.946. The van der Waals surface area contributed by atoms with Gasteiger partial charge in [0.2, 0.25) is 0 Å². The predicted octanol–water partition coefficient (Wildman–Crippen LogP) is 2.55. The number of nitrogens with zero attached hydrogens (tertiary/aromatic N) is 3. The highest BCUT2D eigenvalue weighted by atomic mass is 19.1. The van der Waals surface area contributed by atoms with Crippen LogP contribution in [0, 0.1) is 5.82 Å². The number of imidazole rings is 1. The fraction of sp³-hybridized carbons (Fsp3) is 0.412. The molecule has 0 saturated carbocycles. The van der Waals surface area contributed by atoms with E-state index in [1.807, 2.05) is 18.4 Å². The molecule has 5 nitrogen and oxygen atoms in total. The van der Waals surface area contributed by atoms with Crippen LogP contribution in [0.2, 0.25) is 0 Å². The lowest BCUT2D eigenvalue weighted by atomic mass is 10.0. The lowest BCUT2D eigenvalue weighted by molar-refractivity contribution is 0.0710. The van der Waals surface area contributed by atoms with Crippen LogP contribution in [0.15, 0.2) is 36.8 Å². The Hall–Kier alpha value is -2.21. The number of benzene rings is 1. The normalized spacial score (nSPS) is 21.2. The number of hydrogen-bond donors (Lipinski definition) is 1. The lowest BCUT2D eigenvalue weighted by Gasteiger charge is -2.24. The smallest absolute Gasteiger partial charge is 0.274 e. The minimum atomic E-state index is -0.612. The molecule has 1 aromatic carbocycles. The Labute approximate surface area is 134 Å². The second-order valence-corrected chi connectivity index (χ2v) is 6.22. The standard InChI is InChI=1S/C17H20FN3O2/c1-11(2)20-9-15(19-10-20)17(23)21-8-14(22)7-16(21)12-4-3-5-13(18)6-12/h3-6,9-11,14,16,22H,7-8H2,1-2H3/t14-,16-/m1/s1. The van der Waals surface area contributed by atoms with Crippen molar-refractivity contribution in [2.75, 3.05) is 6.54 Å². The number of carbonyl (C=O) groups excluding carboxylic acids is 1. The maximum Gasteiger partial charge on any atom is 0.274 e. The van der Waals surface area contributed by atoms with E-state index in [-0.39, 0.29) is 30.4 Å². The van der Waals surface area contributed by atoms with E-state index in [1.54, 1.807) is 29.6 Å². The molecule has 6 heteroatoms. The average Bonchev–Trinajstić information content (AvgIpc) is 3.13. The van der Waals surface area contributed by atoms with Crippen LogP contribution in [0.5, 0.6) is 0 Å². The molecule has 0 unspecified atom stereocenters. The first kappa shape index (κ1) is 15.7. The molecule has 1 N–H and O–H groups in total. The SMILES string of the molecule is CC(C)n1cnc(C(=O)N2C[C@H](O)C[C@@H]2c2cccc(F)c2)c1. The zero-order valence-corrected chi connectivity index (χ0v) is 13.2. The monoisotopic (exact) mass is 317 g/mol. The minimum Gasteiger partial charge on any atom is -0.391 e. The summed E-state index contributed by atoms with van der Waals surface area (Å²) in [6.07, 6.45) is 3.13. The molecule has 2 heterocycles. The van der Waals surface area contributed by atoms with Crippen molar-refractivity contribution >= 4 is 5.91 Å². The van der Waals surface area contributed by atoms with Gasteiger partial charge in [-0.1, -0.05) is 12.1 Å². The second kappa shape index (κ2) is 6.12. The van der Waals surface area contributed by atoms with Crippen LogP contribution < -0.4 is 0 Å². The highest BCUT2D eigenvalue weighted by molar-refractivity contribution is 5.92. The van der Waals surface area contributed by atoms with E-state index in [0.29, 0.717) is 17.7 Å².